The Balaban J connectivity index is 1.97. The lowest BCUT2D eigenvalue weighted by atomic mass is 9.99. The Labute approximate surface area is 120 Å². The molecule has 0 amide bonds. The molecule has 1 aliphatic rings. The van der Waals surface area contributed by atoms with Crippen molar-refractivity contribution < 1.29 is 14.2 Å². The highest BCUT2D eigenvalue weighted by atomic mass is 19.1. The quantitative estimate of drug-likeness (QED) is 0.807. The van der Waals surface area contributed by atoms with Crippen LogP contribution >= 0.6 is 0 Å². The van der Waals surface area contributed by atoms with Crippen molar-refractivity contribution in [2.45, 2.75) is 43.7 Å². The van der Waals surface area contributed by atoms with Gasteiger partial charge in [-0.05, 0) is 37.0 Å². The van der Waals surface area contributed by atoms with Crippen LogP contribution in [0.3, 0.4) is 0 Å². The van der Waals surface area contributed by atoms with E-state index in [0.717, 1.165) is 37.7 Å². The Hall–Kier alpha value is -0.970. The Morgan fingerprint density at radius 3 is 2.55 bits per heavy atom. The van der Waals surface area contributed by atoms with Crippen LogP contribution in [0.2, 0.25) is 0 Å². The lowest BCUT2D eigenvalue weighted by molar-refractivity contribution is 0.0433. The first-order valence-electron chi connectivity index (χ1n) is 7.33. The van der Waals surface area contributed by atoms with Crippen LogP contribution in [0.25, 0.3) is 0 Å². The maximum atomic E-state index is 13.0. The highest BCUT2D eigenvalue weighted by Crippen LogP contribution is 2.29. The predicted octanol–water partition coefficient (Wildman–Crippen LogP) is 2.80. The van der Waals surface area contributed by atoms with E-state index in [1.165, 1.54) is 12.1 Å². The largest absolute Gasteiger partial charge is 0.389 e. The van der Waals surface area contributed by atoms with Crippen molar-refractivity contribution in [2.75, 3.05) is 20.3 Å². The molecular formula is C16H24FNO2. The van der Waals surface area contributed by atoms with E-state index in [2.05, 4.69) is 5.32 Å². The summed E-state index contributed by atoms with van der Waals surface area (Å²) < 4.78 is 18.1. The summed E-state index contributed by atoms with van der Waals surface area (Å²) in [4.78, 5) is 0. The summed E-state index contributed by atoms with van der Waals surface area (Å²) in [6.45, 7) is 1.21. The third-order valence-electron chi connectivity index (χ3n) is 4.09. The van der Waals surface area contributed by atoms with E-state index in [-0.39, 0.29) is 11.9 Å². The van der Waals surface area contributed by atoms with Crippen molar-refractivity contribution in [1.29, 1.82) is 0 Å². The Bertz CT molecular complexity index is 401. The molecule has 4 heteroatoms. The molecule has 1 aromatic carbocycles. The molecule has 1 unspecified atom stereocenters. The van der Waals surface area contributed by atoms with Crippen LogP contribution in [0.4, 0.5) is 4.39 Å². The van der Waals surface area contributed by atoms with E-state index < -0.39 is 5.60 Å². The number of aliphatic hydroxyl groups is 1. The number of halogens is 1. The molecule has 2 rings (SSSR count). The van der Waals surface area contributed by atoms with E-state index in [0.29, 0.717) is 13.2 Å². The molecule has 1 saturated carbocycles. The zero-order chi connectivity index (χ0) is 14.4. The average Bonchev–Trinajstić information content (AvgIpc) is 2.88. The third-order valence-corrected chi connectivity index (χ3v) is 4.09. The van der Waals surface area contributed by atoms with Gasteiger partial charge in [0.05, 0.1) is 5.60 Å². The van der Waals surface area contributed by atoms with Gasteiger partial charge in [-0.2, -0.15) is 0 Å². The van der Waals surface area contributed by atoms with Crippen molar-refractivity contribution in [1.82, 2.24) is 5.32 Å². The van der Waals surface area contributed by atoms with Gasteiger partial charge in [0.2, 0.25) is 0 Å². The first-order chi connectivity index (χ1) is 9.63. The van der Waals surface area contributed by atoms with E-state index in [1.54, 1.807) is 19.2 Å². The minimum atomic E-state index is -0.578. The summed E-state index contributed by atoms with van der Waals surface area (Å²) in [7, 11) is 1.67. The van der Waals surface area contributed by atoms with E-state index in [4.69, 9.17) is 4.74 Å². The van der Waals surface area contributed by atoms with Crippen molar-refractivity contribution in [3.63, 3.8) is 0 Å². The third kappa shape index (κ3) is 4.27. The number of nitrogens with one attached hydrogen (secondary N) is 1. The standard InChI is InChI=1S/C16H24FNO2/c1-20-11-8-15(13-4-6-14(17)7-5-13)18-12-16(19)9-2-3-10-16/h4-7,15,18-19H,2-3,8-12H2,1H3. The summed E-state index contributed by atoms with van der Waals surface area (Å²) in [6.07, 6.45) is 4.72. The number of methoxy groups -OCH3 is 1. The topological polar surface area (TPSA) is 41.5 Å². The molecule has 20 heavy (non-hydrogen) atoms. The van der Waals surface area contributed by atoms with Crippen molar-refractivity contribution >= 4 is 0 Å². The number of hydrogen-bond donors (Lipinski definition) is 2. The number of rotatable bonds is 7. The summed E-state index contributed by atoms with van der Waals surface area (Å²) >= 11 is 0. The highest BCUT2D eigenvalue weighted by molar-refractivity contribution is 5.20. The molecule has 0 saturated heterocycles. The van der Waals surface area contributed by atoms with Gasteiger partial charge in [-0.1, -0.05) is 25.0 Å². The maximum absolute atomic E-state index is 13.0. The van der Waals surface area contributed by atoms with E-state index in [9.17, 15) is 9.50 Å². The normalized spacial score (nSPS) is 19.1. The molecule has 0 radical (unpaired) electrons. The van der Waals surface area contributed by atoms with Gasteiger partial charge < -0.3 is 15.2 Å². The van der Waals surface area contributed by atoms with Gasteiger partial charge >= 0.3 is 0 Å². The molecule has 0 bridgehead atoms. The molecule has 1 aliphatic carbocycles. The Morgan fingerprint density at radius 2 is 1.95 bits per heavy atom. The first-order valence-corrected chi connectivity index (χ1v) is 7.33. The maximum Gasteiger partial charge on any atom is 0.123 e. The van der Waals surface area contributed by atoms with Gasteiger partial charge in [0.15, 0.2) is 0 Å². The van der Waals surface area contributed by atoms with Crippen LogP contribution < -0.4 is 5.32 Å². The molecule has 112 valence electrons. The average molecular weight is 281 g/mol. The lowest BCUT2D eigenvalue weighted by Gasteiger charge is -2.27. The molecule has 2 N–H and O–H groups in total. The van der Waals surface area contributed by atoms with Crippen LogP contribution in [0.1, 0.15) is 43.7 Å². The van der Waals surface area contributed by atoms with Crippen LogP contribution in [0.15, 0.2) is 24.3 Å². The molecule has 1 aromatic rings. The molecule has 0 spiro atoms. The van der Waals surface area contributed by atoms with Crippen molar-refractivity contribution in [2.24, 2.45) is 0 Å². The Morgan fingerprint density at radius 1 is 1.30 bits per heavy atom. The van der Waals surface area contributed by atoms with Crippen LogP contribution in [0, 0.1) is 5.82 Å². The van der Waals surface area contributed by atoms with Crippen LogP contribution in [-0.4, -0.2) is 31.0 Å². The summed E-state index contributed by atoms with van der Waals surface area (Å²) in [5.74, 6) is -0.228. The van der Waals surface area contributed by atoms with Crippen molar-refractivity contribution in [3.05, 3.63) is 35.6 Å². The van der Waals surface area contributed by atoms with Gasteiger partial charge in [-0.3, -0.25) is 0 Å². The Kier molecular flexibility index (Phi) is 5.52. The van der Waals surface area contributed by atoms with Crippen LogP contribution in [-0.2, 0) is 4.74 Å². The summed E-state index contributed by atoms with van der Waals surface area (Å²) in [5, 5.41) is 13.8. The number of hydrogen-bond acceptors (Lipinski definition) is 3. The molecule has 1 atom stereocenters. The molecule has 0 aromatic heterocycles. The number of ether oxygens (including phenoxy) is 1. The lowest BCUT2D eigenvalue weighted by Crippen LogP contribution is -2.40. The first kappa shape index (κ1) is 15.4. The second-order valence-corrected chi connectivity index (χ2v) is 5.70. The van der Waals surface area contributed by atoms with Gasteiger partial charge in [-0.15, -0.1) is 0 Å². The zero-order valence-corrected chi connectivity index (χ0v) is 12.1. The predicted molar refractivity (Wildman–Crippen MR) is 77.1 cm³/mol. The fourth-order valence-electron chi connectivity index (χ4n) is 2.84. The summed E-state index contributed by atoms with van der Waals surface area (Å²) in [6, 6.07) is 6.62. The van der Waals surface area contributed by atoms with Gasteiger partial charge in [-0.25, -0.2) is 4.39 Å². The second-order valence-electron chi connectivity index (χ2n) is 5.70. The van der Waals surface area contributed by atoms with Gasteiger partial charge in [0, 0.05) is 26.3 Å². The second kappa shape index (κ2) is 7.16. The molecule has 3 nitrogen and oxygen atoms in total. The molecular weight excluding hydrogens is 257 g/mol. The molecule has 0 aliphatic heterocycles. The van der Waals surface area contributed by atoms with Crippen molar-refractivity contribution in [3.8, 4) is 0 Å². The highest BCUT2D eigenvalue weighted by Gasteiger charge is 2.31. The summed E-state index contributed by atoms with van der Waals surface area (Å²) in [5.41, 5.74) is 0.454. The molecule has 0 heterocycles. The van der Waals surface area contributed by atoms with Crippen LogP contribution in [0.5, 0.6) is 0 Å². The minimum absolute atomic E-state index is 0.0835. The fourth-order valence-corrected chi connectivity index (χ4v) is 2.84. The fraction of sp³-hybridized carbons (Fsp3) is 0.625. The minimum Gasteiger partial charge on any atom is -0.389 e. The smallest absolute Gasteiger partial charge is 0.123 e. The van der Waals surface area contributed by atoms with Gasteiger partial charge in [0.25, 0.3) is 0 Å². The zero-order valence-electron chi connectivity index (χ0n) is 12.1. The molecule has 1 fully saturated rings. The monoisotopic (exact) mass is 281 g/mol. The van der Waals surface area contributed by atoms with E-state index >= 15 is 0 Å². The van der Waals surface area contributed by atoms with E-state index in [1.807, 2.05) is 0 Å². The number of benzene rings is 1. The van der Waals surface area contributed by atoms with Gasteiger partial charge in [0.1, 0.15) is 5.82 Å². The SMILES string of the molecule is COCCC(NCC1(O)CCCC1)c1ccc(F)cc1.